The molecule has 40 heavy (non-hydrogen) atoms. The molecule has 2 aliphatic rings. The van der Waals surface area contributed by atoms with Gasteiger partial charge in [-0.3, -0.25) is 4.79 Å². The van der Waals surface area contributed by atoms with Gasteiger partial charge in [0.05, 0.1) is 17.1 Å². The van der Waals surface area contributed by atoms with Gasteiger partial charge in [0.2, 0.25) is 11.8 Å². The highest BCUT2D eigenvalue weighted by Crippen LogP contribution is 2.47. The zero-order valence-electron chi connectivity index (χ0n) is 22.6. The monoisotopic (exact) mass is 554 g/mol. The number of amides is 1. The molecule has 4 aromatic rings. The number of ether oxygens (including phenoxy) is 1. The number of anilines is 1. The van der Waals surface area contributed by atoms with Crippen LogP contribution in [0.25, 0.3) is 11.3 Å². The van der Waals surface area contributed by atoms with Gasteiger partial charge in [0.1, 0.15) is 6.10 Å². The highest BCUT2D eigenvalue weighted by atomic mass is 32.2. The number of carbonyl (C=O) groups excluding carboxylic acids is 1. The Balaban J connectivity index is 1.48. The number of nitrogens with zero attached hydrogens (tertiary/aromatic N) is 2. The van der Waals surface area contributed by atoms with E-state index in [0.29, 0.717) is 5.69 Å². The SMILES string of the molecule is Cc1cccc(C)c1-c1cc2nc(n1)NS(=O)(=O)c1cccc(c1)C(=O)NC[C@@H](c1ccc(C3(C)CC3)cc1)O2. The van der Waals surface area contributed by atoms with Crippen LogP contribution < -0.4 is 14.8 Å². The zero-order chi connectivity index (χ0) is 28.1. The molecular formula is C31H30N4O4S. The molecule has 204 valence electrons. The molecule has 0 spiro atoms. The standard InChI is InChI=1S/C31H30N4O4S/c1-19-6-4-7-20(2)28(19)25-17-27-34-30(33-25)35-40(37,38)24-9-5-8-22(16-24)29(36)32-18-26(39-27)21-10-12-23(13-11-21)31(3)14-15-31/h4-13,16-17,26H,14-15,18H2,1-3H3,(H,32,36)(H,33,34,35)/t26-/m0/s1. The number of aromatic nitrogens is 2. The second-order valence-electron chi connectivity index (χ2n) is 10.8. The number of carbonyl (C=O) groups is 1. The highest BCUT2D eigenvalue weighted by Gasteiger charge is 2.38. The van der Waals surface area contributed by atoms with Crippen molar-refractivity contribution in [3.05, 3.63) is 101 Å². The number of hydrogen-bond donors (Lipinski definition) is 2. The molecule has 1 amide bonds. The normalized spacial score (nSPS) is 19.1. The number of aryl methyl sites for hydroxylation is 2. The predicted molar refractivity (Wildman–Crippen MR) is 153 cm³/mol. The predicted octanol–water partition coefficient (Wildman–Crippen LogP) is 5.48. The van der Waals surface area contributed by atoms with E-state index < -0.39 is 22.0 Å². The van der Waals surface area contributed by atoms with E-state index >= 15 is 0 Å². The maximum Gasteiger partial charge on any atom is 0.264 e. The summed E-state index contributed by atoms with van der Waals surface area (Å²) in [7, 11) is -4.09. The Morgan fingerprint density at radius 2 is 1.62 bits per heavy atom. The van der Waals surface area contributed by atoms with Gasteiger partial charge in [-0.25, -0.2) is 18.1 Å². The van der Waals surface area contributed by atoms with Crippen LogP contribution in [0.1, 0.15) is 58.5 Å². The van der Waals surface area contributed by atoms with Gasteiger partial charge in [-0.1, -0.05) is 55.5 Å². The first-order valence-electron chi connectivity index (χ1n) is 13.3. The maximum absolute atomic E-state index is 13.3. The fourth-order valence-corrected chi connectivity index (χ4v) is 6.09. The van der Waals surface area contributed by atoms with E-state index in [1.165, 1.54) is 36.6 Å². The number of hydrogen-bond acceptors (Lipinski definition) is 6. The molecule has 0 unspecified atom stereocenters. The lowest BCUT2D eigenvalue weighted by atomic mass is 9.96. The van der Waals surface area contributed by atoms with Gasteiger partial charge in [0.15, 0.2) is 0 Å². The lowest BCUT2D eigenvalue weighted by Crippen LogP contribution is -2.31. The maximum atomic E-state index is 13.3. The Labute approximate surface area is 233 Å². The molecule has 9 heteroatoms. The Hall–Kier alpha value is -4.24. The van der Waals surface area contributed by atoms with E-state index in [1.54, 1.807) is 12.1 Å². The third-order valence-electron chi connectivity index (χ3n) is 7.76. The lowest BCUT2D eigenvalue weighted by molar-refractivity contribution is 0.0925. The van der Waals surface area contributed by atoms with E-state index in [4.69, 9.17) is 4.74 Å². The van der Waals surface area contributed by atoms with Crippen LogP contribution in [0.3, 0.4) is 0 Å². The van der Waals surface area contributed by atoms with Gasteiger partial charge in [0.25, 0.3) is 15.9 Å². The molecule has 1 atom stereocenters. The van der Waals surface area contributed by atoms with Crippen LogP contribution in [0.4, 0.5) is 5.95 Å². The molecule has 1 aliphatic carbocycles. The van der Waals surface area contributed by atoms with Crippen molar-refractivity contribution in [1.29, 1.82) is 0 Å². The molecule has 6 rings (SSSR count). The Morgan fingerprint density at radius 1 is 0.925 bits per heavy atom. The minimum atomic E-state index is -4.09. The first kappa shape index (κ1) is 26.0. The minimum absolute atomic E-state index is 0.0661. The van der Waals surface area contributed by atoms with E-state index in [0.717, 1.165) is 22.3 Å². The van der Waals surface area contributed by atoms with Crippen molar-refractivity contribution in [3.8, 4) is 17.1 Å². The van der Waals surface area contributed by atoms with Crippen LogP contribution >= 0.6 is 0 Å². The molecule has 3 aromatic carbocycles. The van der Waals surface area contributed by atoms with Gasteiger partial charge in [0, 0.05) is 17.2 Å². The smallest absolute Gasteiger partial charge is 0.264 e. The van der Waals surface area contributed by atoms with Crippen LogP contribution in [0.5, 0.6) is 5.88 Å². The number of rotatable bonds is 3. The molecule has 1 aromatic heterocycles. The summed E-state index contributed by atoms with van der Waals surface area (Å²) < 4.78 is 35.5. The first-order chi connectivity index (χ1) is 19.1. The van der Waals surface area contributed by atoms with Gasteiger partial charge in [-0.15, -0.1) is 0 Å². The fraction of sp³-hybridized carbons (Fsp3) is 0.258. The third-order valence-corrected chi connectivity index (χ3v) is 9.09. The van der Waals surface area contributed by atoms with Gasteiger partial charge in [-0.2, -0.15) is 4.98 Å². The van der Waals surface area contributed by atoms with E-state index in [1.807, 2.05) is 44.2 Å². The summed E-state index contributed by atoms with van der Waals surface area (Å²) in [6, 6.07) is 21.8. The van der Waals surface area contributed by atoms with Crippen molar-refractivity contribution in [2.45, 2.75) is 50.0 Å². The zero-order valence-corrected chi connectivity index (χ0v) is 23.4. The minimum Gasteiger partial charge on any atom is -0.467 e. The van der Waals surface area contributed by atoms with Crippen LogP contribution in [0, 0.1) is 13.8 Å². The Kier molecular flexibility index (Phi) is 6.34. The summed E-state index contributed by atoms with van der Waals surface area (Å²) in [5.41, 5.74) is 5.96. The van der Waals surface area contributed by atoms with Crippen LogP contribution in [-0.4, -0.2) is 30.8 Å². The van der Waals surface area contributed by atoms with E-state index in [-0.39, 0.29) is 34.2 Å². The fourth-order valence-electron chi connectivity index (χ4n) is 5.10. The summed E-state index contributed by atoms with van der Waals surface area (Å²) >= 11 is 0. The second-order valence-corrected chi connectivity index (χ2v) is 12.5. The van der Waals surface area contributed by atoms with Gasteiger partial charge >= 0.3 is 0 Å². The first-order valence-corrected chi connectivity index (χ1v) is 14.7. The van der Waals surface area contributed by atoms with Crippen molar-refractivity contribution >= 4 is 21.9 Å². The number of benzene rings is 3. The number of fused-ring (bicyclic) bond motifs is 4. The van der Waals surface area contributed by atoms with Crippen molar-refractivity contribution in [2.75, 3.05) is 11.3 Å². The van der Waals surface area contributed by atoms with Gasteiger partial charge < -0.3 is 10.1 Å². The Morgan fingerprint density at radius 3 is 2.33 bits per heavy atom. The molecule has 4 bridgehead atoms. The molecule has 0 saturated heterocycles. The van der Waals surface area contributed by atoms with E-state index in [2.05, 4.69) is 39.1 Å². The summed E-state index contributed by atoms with van der Waals surface area (Å²) in [6.07, 6.45) is 1.75. The van der Waals surface area contributed by atoms with Gasteiger partial charge in [-0.05, 0) is 72.6 Å². The van der Waals surface area contributed by atoms with Crippen LogP contribution in [0.15, 0.2) is 77.7 Å². The molecule has 2 heterocycles. The summed E-state index contributed by atoms with van der Waals surface area (Å²) in [6.45, 7) is 6.36. The number of sulfonamides is 1. The summed E-state index contributed by atoms with van der Waals surface area (Å²) in [5.74, 6) is -0.329. The summed E-state index contributed by atoms with van der Waals surface area (Å²) in [5, 5.41) is 2.91. The highest BCUT2D eigenvalue weighted by molar-refractivity contribution is 7.92. The molecular weight excluding hydrogens is 524 g/mol. The third kappa shape index (κ3) is 5.04. The molecule has 1 fully saturated rings. The summed E-state index contributed by atoms with van der Waals surface area (Å²) in [4.78, 5) is 22.0. The largest absolute Gasteiger partial charge is 0.467 e. The van der Waals surface area contributed by atoms with Crippen LogP contribution in [0.2, 0.25) is 0 Å². The molecule has 8 nitrogen and oxygen atoms in total. The molecule has 0 radical (unpaired) electrons. The van der Waals surface area contributed by atoms with Crippen molar-refractivity contribution < 1.29 is 17.9 Å². The quantitative estimate of drug-likeness (QED) is 0.347. The van der Waals surface area contributed by atoms with Crippen LogP contribution in [-0.2, 0) is 15.4 Å². The Bertz CT molecular complexity index is 1710. The lowest BCUT2D eigenvalue weighted by Gasteiger charge is -2.21. The topological polar surface area (TPSA) is 110 Å². The van der Waals surface area contributed by atoms with Crippen molar-refractivity contribution in [2.24, 2.45) is 0 Å². The van der Waals surface area contributed by atoms with E-state index in [9.17, 15) is 13.2 Å². The average molecular weight is 555 g/mol. The molecule has 1 saturated carbocycles. The average Bonchev–Trinajstić information content (AvgIpc) is 3.68. The molecule has 2 N–H and O–H groups in total. The van der Waals surface area contributed by atoms with Crippen molar-refractivity contribution in [3.63, 3.8) is 0 Å². The number of nitrogens with one attached hydrogen (secondary N) is 2. The second kappa shape index (κ2) is 9.75. The molecule has 1 aliphatic heterocycles. The van der Waals surface area contributed by atoms with Crippen molar-refractivity contribution in [1.82, 2.24) is 15.3 Å².